The third-order valence-electron chi connectivity index (χ3n) is 3.65. The van der Waals surface area contributed by atoms with Crippen LogP contribution in [-0.2, 0) is 4.79 Å². The minimum Gasteiger partial charge on any atom is -0.492 e. The third kappa shape index (κ3) is 5.38. The van der Waals surface area contributed by atoms with Crippen LogP contribution < -0.4 is 4.74 Å². The van der Waals surface area contributed by atoms with E-state index in [2.05, 4.69) is 26.0 Å². The molecule has 0 aliphatic carbocycles. The van der Waals surface area contributed by atoms with Crippen molar-refractivity contribution in [2.45, 2.75) is 27.7 Å². The summed E-state index contributed by atoms with van der Waals surface area (Å²) < 4.78 is 5.87. The Bertz CT molecular complexity index is 436. The molecule has 0 N–H and O–H groups in total. The van der Waals surface area contributed by atoms with E-state index in [1.54, 1.807) is 0 Å². The molecule has 0 aliphatic rings. The molecule has 0 bridgehead atoms. The van der Waals surface area contributed by atoms with Gasteiger partial charge in [-0.25, -0.2) is 0 Å². The van der Waals surface area contributed by atoms with Crippen LogP contribution >= 0.6 is 0 Å². The van der Waals surface area contributed by atoms with Gasteiger partial charge in [0.25, 0.3) is 0 Å². The van der Waals surface area contributed by atoms with E-state index in [0.29, 0.717) is 13.2 Å². The number of likely N-dealkylation sites (N-methyl/N-ethyl adjacent to an activating group) is 2. The van der Waals surface area contributed by atoms with Gasteiger partial charge in [-0.1, -0.05) is 18.2 Å². The summed E-state index contributed by atoms with van der Waals surface area (Å²) in [5.74, 6) is 1.13. The van der Waals surface area contributed by atoms with Gasteiger partial charge < -0.3 is 9.64 Å². The Labute approximate surface area is 128 Å². The Morgan fingerprint density at radius 3 is 2.24 bits per heavy atom. The number of hydrogen-bond acceptors (Lipinski definition) is 3. The van der Waals surface area contributed by atoms with Crippen LogP contribution in [0.25, 0.3) is 0 Å². The highest BCUT2D eigenvalue weighted by atomic mass is 16.5. The molecule has 4 nitrogen and oxygen atoms in total. The van der Waals surface area contributed by atoms with Crippen molar-refractivity contribution in [3.05, 3.63) is 29.3 Å². The lowest BCUT2D eigenvalue weighted by atomic mass is 10.1. The minimum atomic E-state index is 0.176. The lowest BCUT2D eigenvalue weighted by Crippen LogP contribution is -2.39. The van der Waals surface area contributed by atoms with Gasteiger partial charge in [0, 0.05) is 19.6 Å². The summed E-state index contributed by atoms with van der Waals surface area (Å²) in [6, 6.07) is 6.14. The normalized spacial score (nSPS) is 10.8. The first-order valence-electron chi connectivity index (χ1n) is 7.64. The van der Waals surface area contributed by atoms with Gasteiger partial charge in [-0.3, -0.25) is 9.69 Å². The maximum atomic E-state index is 12.0. The molecular weight excluding hydrogens is 264 g/mol. The second-order valence-electron chi connectivity index (χ2n) is 5.37. The molecule has 0 aromatic heterocycles. The van der Waals surface area contributed by atoms with Gasteiger partial charge in [0.1, 0.15) is 12.4 Å². The van der Waals surface area contributed by atoms with Crippen LogP contribution in [0.1, 0.15) is 25.0 Å². The zero-order valence-corrected chi connectivity index (χ0v) is 14.0. The van der Waals surface area contributed by atoms with Crippen molar-refractivity contribution in [1.29, 1.82) is 0 Å². The summed E-state index contributed by atoms with van der Waals surface area (Å²) in [6.45, 7) is 11.4. The van der Waals surface area contributed by atoms with Crippen LogP contribution in [-0.4, -0.2) is 55.5 Å². The molecule has 1 amide bonds. The largest absolute Gasteiger partial charge is 0.492 e. The number of amides is 1. The van der Waals surface area contributed by atoms with Gasteiger partial charge >= 0.3 is 0 Å². The highest BCUT2D eigenvalue weighted by Crippen LogP contribution is 2.21. The van der Waals surface area contributed by atoms with Gasteiger partial charge in [0.15, 0.2) is 0 Å². The molecule has 1 aromatic rings. The monoisotopic (exact) mass is 292 g/mol. The van der Waals surface area contributed by atoms with Gasteiger partial charge in [0.05, 0.1) is 6.54 Å². The number of nitrogens with zero attached hydrogens (tertiary/aromatic N) is 2. The fourth-order valence-corrected chi connectivity index (χ4v) is 2.32. The number of carbonyl (C=O) groups excluding carboxylic acids is 1. The molecule has 0 fully saturated rings. The number of carbonyl (C=O) groups is 1. The van der Waals surface area contributed by atoms with Crippen LogP contribution in [0.3, 0.4) is 0 Å². The van der Waals surface area contributed by atoms with E-state index in [1.807, 2.05) is 36.8 Å². The Hall–Kier alpha value is -1.55. The quantitative estimate of drug-likeness (QED) is 0.738. The van der Waals surface area contributed by atoms with Crippen LogP contribution in [0.5, 0.6) is 5.75 Å². The SMILES string of the molecule is CCN(CC)C(=O)CN(C)CCOc1c(C)cccc1C. The van der Waals surface area contributed by atoms with Crippen molar-refractivity contribution in [1.82, 2.24) is 9.80 Å². The molecule has 0 heterocycles. The lowest BCUT2D eigenvalue weighted by Gasteiger charge is -2.23. The van der Waals surface area contributed by atoms with Crippen LogP contribution in [0, 0.1) is 13.8 Å². The van der Waals surface area contributed by atoms with E-state index < -0.39 is 0 Å². The summed E-state index contributed by atoms with van der Waals surface area (Å²) in [7, 11) is 1.95. The highest BCUT2D eigenvalue weighted by Gasteiger charge is 2.12. The Balaban J connectivity index is 2.40. The smallest absolute Gasteiger partial charge is 0.236 e. The standard InChI is InChI=1S/C17H28N2O2/c1-6-19(7-2)16(20)13-18(5)11-12-21-17-14(3)9-8-10-15(17)4/h8-10H,6-7,11-13H2,1-5H3. The summed E-state index contributed by atoms with van der Waals surface area (Å²) in [5, 5.41) is 0. The van der Waals surface area contributed by atoms with Crippen molar-refractivity contribution in [3.8, 4) is 5.75 Å². The molecule has 118 valence electrons. The van der Waals surface area contributed by atoms with E-state index >= 15 is 0 Å². The number of benzene rings is 1. The molecule has 0 spiro atoms. The van der Waals surface area contributed by atoms with Crippen LogP contribution in [0.4, 0.5) is 0 Å². The Morgan fingerprint density at radius 1 is 1.14 bits per heavy atom. The van der Waals surface area contributed by atoms with E-state index in [0.717, 1.165) is 36.5 Å². The second kappa shape index (κ2) is 8.67. The zero-order valence-electron chi connectivity index (χ0n) is 14.0. The molecule has 0 aliphatic heterocycles. The van der Waals surface area contributed by atoms with E-state index in [4.69, 9.17) is 4.74 Å². The first kappa shape index (κ1) is 17.5. The molecule has 0 atom stereocenters. The molecule has 0 radical (unpaired) electrons. The molecule has 0 unspecified atom stereocenters. The molecule has 4 heteroatoms. The maximum Gasteiger partial charge on any atom is 0.236 e. The Morgan fingerprint density at radius 2 is 1.71 bits per heavy atom. The first-order chi connectivity index (χ1) is 9.99. The van der Waals surface area contributed by atoms with Crippen LogP contribution in [0.2, 0.25) is 0 Å². The van der Waals surface area contributed by atoms with Crippen molar-refractivity contribution in [2.75, 3.05) is 39.8 Å². The topological polar surface area (TPSA) is 32.8 Å². The lowest BCUT2D eigenvalue weighted by molar-refractivity contribution is -0.131. The Kier molecular flexibility index (Phi) is 7.23. The van der Waals surface area contributed by atoms with Gasteiger partial charge in [-0.15, -0.1) is 0 Å². The fraction of sp³-hybridized carbons (Fsp3) is 0.588. The second-order valence-corrected chi connectivity index (χ2v) is 5.37. The summed E-state index contributed by atoms with van der Waals surface area (Å²) in [5.41, 5.74) is 2.30. The average Bonchev–Trinajstić information content (AvgIpc) is 2.43. The van der Waals surface area contributed by atoms with Crippen molar-refractivity contribution >= 4 is 5.91 Å². The summed E-state index contributed by atoms with van der Waals surface area (Å²) >= 11 is 0. The molecule has 0 saturated heterocycles. The molecule has 0 saturated carbocycles. The van der Waals surface area contributed by atoms with Crippen LogP contribution in [0.15, 0.2) is 18.2 Å². The third-order valence-corrected chi connectivity index (χ3v) is 3.65. The van der Waals surface area contributed by atoms with E-state index in [1.165, 1.54) is 0 Å². The number of rotatable bonds is 8. The van der Waals surface area contributed by atoms with Gasteiger partial charge in [-0.2, -0.15) is 0 Å². The predicted molar refractivity (Wildman–Crippen MR) is 86.8 cm³/mol. The number of para-hydroxylation sites is 1. The summed E-state index contributed by atoms with van der Waals surface area (Å²) in [4.78, 5) is 15.9. The van der Waals surface area contributed by atoms with Gasteiger partial charge in [0.2, 0.25) is 5.91 Å². The van der Waals surface area contributed by atoms with Crippen molar-refractivity contribution in [2.24, 2.45) is 0 Å². The van der Waals surface area contributed by atoms with E-state index in [-0.39, 0.29) is 5.91 Å². The fourth-order valence-electron chi connectivity index (χ4n) is 2.32. The van der Waals surface area contributed by atoms with Crippen molar-refractivity contribution < 1.29 is 9.53 Å². The maximum absolute atomic E-state index is 12.0. The van der Waals surface area contributed by atoms with Gasteiger partial charge in [-0.05, 0) is 45.9 Å². The molecule has 1 aromatic carbocycles. The minimum absolute atomic E-state index is 0.176. The molecular formula is C17H28N2O2. The first-order valence-corrected chi connectivity index (χ1v) is 7.64. The molecule has 1 rings (SSSR count). The van der Waals surface area contributed by atoms with Crippen molar-refractivity contribution in [3.63, 3.8) is 0 Å². The number of hydrogen-bond donors (Lipinski definition) is 0. The number of ether oxygens (including phenoxy) is 1. The summed E-state index contributed by atoms with van der Waals surface area (Å²) in [6.07, 6.45) is 0. The van der Waals surface area contributed by atoms with E-state index in [9.17, 15) is 4.79 Å². The highest BCUT2D eigenvalue weighted by molar-refractivity contribution is 5.78. The average molecular weight is 292 g/mol. The zero-order chi connectivity index (χ0) is 15.8. The number of aryl methyl sites for hydroxylation is 2. The molecule has 21 heavy (non-hydrogen) atoms. The predicted octanol–water partition coefficient (Wildman–Crippen LogP) is 2.48.